The molecule has 2 fully saturated rings. The Balaban J connectivity index is 1.34. The molecule has 1 atom stereocenters. The minimum Gasteiger partial charge on any atom is -0.336 e. The first-order chi connectivity index (χ1) is 13.6. The quantitative estimate of drug-likeness (QED) is 0.767. The van der Waals surface area contributed by atoms with E-state index in [1.807, 2.05) is 35.0 Å². The fourth-order valence-corrected chi connectivity index (χ4v) is 4.67. The lowest BCUT2D eigenvalue weighted by Crippen LogP contribution is -2.53. The van der Waals surface area contributed by atoms with Crippen molar-refractivity contribution in [3.05, 3.63) is 42.2 Å². The van der Waals surface area contributed by atoms with Crippen molar-refractivity contribution in [1.82, 2.24) is 29.5 Å². The van der Waals surface area contributed by atoms with Gasteiger partial charge in [0.25, 0.3) is 0 Å². The van der Waals surface area contributed by atoms with Crippen LogP contribution >= 0.6 is 0 Å². The van der Waals surface area contributed by atoms with Gasteiger partial charge in [0.05, 0.1) is 24.1 Å². The average Bonchev–Trinajstić information content (AvgIpc) is 3.21. The van der Waals surface area contributed by atoms with Crippen LogP contribution < -0.4 is 0 Å². The number of rotatable bonds is 6. The standard InChI is InChI=1S/C21H30N6O/c1-18-13-23-19(14-22-18)15-26-17-21(7-5-20(26)28)6-2-9-25(16-21)10-4-12-27-11-3-8-24-27/h3,8,11,13-14H,2,4-7,9-10,12,15-17H2,1H3/t21-/m1/s1. The highest BCUT2D eigenvalue weighted by molar-refractivity contribution is 5.77. The second-order valence-electron chi connectivity index (χ2n) is 8.40. The summed E-state index contributed by atoms with van der Waals surface area (Å²) in [7, 11) is 0. The molecule has 2 saturated heterocycles. The summed E-state index contributed by atoms with van der Waals surface area (Å²) in [6.45, 7) is 7.67. The van der Waals surface area contributed by atoms with E-state index in [-0.39, 0.29) is 11.3 Å². The molecule has 2 aromatic rings. The van der Waals surface area contributed by atoms with E-state index in [9.17, 15) is 4.79 Å². The SMILES string of the molecule is Cc1cnc(CN2C[C@]3(CCCN(CCCn4cccn4)C3)CCC2=O)cn1. The first kappa shape index (κ1) is 19.1. The highest BCUT2D eigenvalue weighted by Gasteiger charge is 2.41. The molecule has 0 radical (unpaired) electrons. The summed E-state index contributed by atoms with van der Waals surface area (Å²) in [4.78, 5) is 25.9. The van der Waals surface area contributed by atoms with Crippen LogP contribution in [0.25, 0.3) is 0 Å². The van der Waals surface area contributed by atoms with Gasteiger partial charge in [-0.05, 0) is 51.8 Å². The summed E-state index contributed by atoms with van der Waals surface area (Å²) in [6, 6.07) is 1.97. The number of aryl methyl sites for hydroxylation is 2. The predicted octanol–water partition coefficient (Wildman–Crippen LogP) is 2.28. The minimum absolute atomic E-state index is 0.232. The van der Waals surface area contributed by atoms with Crippen molar-refractivity contribution < 1.29 is 4.79 Å². The highest BCUT2D eigenvalue weighted by atomic mass is 16.2. The lowest BCUT2D eigenvalue weighted by molar-refractivity contribution is -0.140. The van der Waals surface area contributed by atoms with Gasteiger partial charge in [0.2, 0.25) is 5.91 Å². The summed E-state index contributed by atoms with van der Waals surface area (Å²) in [5, 5.41) is 4.29. The fourth-order valence-electron chi connectivity index (χ4n) is 4.67. The summed E-state index contributed by atoms with van der Waals surface area (Å²) in [5.74, 6) is 0.254. The summed E-state index contributed by atoms with van der Waals surface area (Å²) in [5.41, 5.74) is 2.02. The van der Waals surface area contributed by atoms with Gasteiger partial charge in [-0.2, -0.15) is 5.10 Å². The molecule has 2 aliphatic rings. The zero-order valence-corrected chi connectivity index (χ0v) is 16.8. The van der Waals surface area contributed by atoms with Crippen molar-refractivity contribution in [2.45, 2.75) is 52.1 Å². The number of carbonyl (C=O) groups is 1. The van der Waals surface area contributed by atoms with E-state index in [2.05, 4.69) is 20.0 Å². The van der Waals surface area contributed by atoms with Crippen molar-refractivity contribution in [3.8, 4) is 0 Å². The molecule has 0 unspecified atom stereocenters. The molecule has 0 saturated carbocycles. The van der Waals surface area contributed by atoms with E-state index in [0.717, 1.165) is 57.0 Å². The Hall–Kier alpha value is -2.28. The van der Waals surface area contributed by atoms with Gasteiger partial charge in [0.15, 0.2) is 0 Å². The summed E-state index contributed by atoms with van der Waals surface area (Å²) >= 11 is 0. The number of likely N-dealkylation sites (tertiary alicyclic amines) is 2. The zero-order valence-electron chi connectivity index (χ0n) is 16.8. The molecule has 4 heterocycles. The molecule has 7 nitrogen and oxygen atoms in total. The van der Waals surface area contributed by atoms with E-state index in [1.54, 1.807) is 12.4 Å². The maximum Gasteiger partial charge on any atom is 0.222 e. The summed E-state index contributed by atoms with van der Waals surface area (Å²) in [6.07, 6.45) is 12.6. The molecule has 28 heavy (non-hydrogen) atoms. The Labute approximate surface area is 166 Å². The molecule has 0 aromatic carbocycles. The molecule has 1 amide bonds. The zero-order chi connectivity index (χ0) is 19.4. The predicted molar refractivity (Wildman–Crippen MR) is 106 cm³/mol. The Morgan fingerprint density at radius 3 is 2.86 bits per heavy atom. The van der Waals surface area contributed by atoms with Gasteiger partial charge in [0.1, 0.15) is 0 Å². The van der Waals surface area contributed by atoms with E-state index in [1.165, 1.54) is 12.8 Å². The Bertz CT molecular complexity index is 775. The van der Waals surface area contributed by atoms with Crippen LogP contribution in [0.3, 0.4) is 0 Å². The first-order valence-corrected chi connectivity index (χ1v) is 10.4. The van der Waals surface area contributed by atoms with Crippen molar-refractivity contribution in [3.63, 3.8) is 0 Å². The third-order valence-corrected chi connectivity index (χ3v) is 6.10. The van der Waals surface area contributed by atoms with Crippen molar-refractivity contribution in [2.75, 3.05) is 26.2 Å². The maximum atomic E-state index is 12.5. The van der Waals surface area contributed by atoms with Crippen LogP contribution in [0, 0.1) is 12.3 Å². The van der Waals surface area contributed by atoms with E-state index in [0.29, 0.717) is 13.0 Å². The number of piperidine rings is 2. The molecular weight excluding hydrogens is 352 g/mol. The molecular formula is C21H30N6O. The van der Waals surface area contributed by atoms with Crippen molar-refractivity contribution in [2.24, 2.45) is 5.41 Å². The smallest absolute Gasteiger partial charge is 0.222 e. The number of nitrogens with zero attached hydrogens (tertiary/aromatic N) is 6. The molecule has 2 aromatic heterocycles. The molecule has 7 heteroatoms. The molecule has 2 aliphatic heterocycles. The van der Waals surface area contributed by atoms with Gasteiger partial charge in [-0.15, -0.1) is 0 Å². The van der Waals surface area contributed by atoms with Gasteiger partial charge in [0, 0.05) is 50.1 Å². The number of amides is 1. The minimum atomic E-state index is 0.232. The monoisotopic (exact) mass is 382 g/mol. The normalized spacial score (nSPS) is 23.5. The largest absolute Gasteiger partial charge is 0.336 e. The van der Waals surface area contributed by atoms with Crippen LogP contribution in [-0.4, -0.2) is 61.6 Å². The Morgan fingerprint density at radius 1 is 1.14 bits per heavy atom. The van der Waals surface area contributed by atoms with Crippen LogP contribution in [0.15, 0.2) is 30.9 Å². The van der Waals surface area contributed by atoms with Crippen LogP contribution in [0.4, 0.5) is 0 Å². The molecule has 0 bridgehead atoms. The Morgan fingerprint density at radius 2 is 2.07 bits per heavy atom. The van der Waals surface area contributed by atoms with E-state index in [4.69, 9.17) is 0 Å². The van der Waals surface area contributed by atoms with Crippen LogP contribution in [-0.2, 0) is 17.9 Å². The lowest BCUT2D eigenvalue weighted by Gasteiger charge is -2.48. The number of hydrogen-bond donors (Lipinski definition) is 0. The highest BCUT2D eigenvalue weighted by Crippen LogP contribution is 2.39. The molecule has 0 N–H and O–H groups in total. The topological polar surface area (TPSA) is 67.2 Å². The van der Waals surface area contributed by atoms with Crippen molar-refractivity contribution in [1.29, 1.82) is 0 Å². The average molecular weight is 383 g/mol. The van der Waals surface area contributed by atoms with Crippen LogP contribution in [0.2, 0.25) is 0 Å². The van der Waals surface area contributed by atoms with E-state index < -0.39 is 0 Å². The van der Waals surface area contributed by atoms with Crippen LogP contribution in [0.5, 0.6) is 0 Å². The first-order valence-electron chi connectivity index (χ1n) is 10.4. The third kappa shape index (κ3) is 4.58. The number of carbonyl (C=O) groups excluding carboxylic acids is 1. The van der Waals surface area contributed by atoms with Gasteiger partial charge in [-0.25, -0.2) is 0 Å². The van der Waals surface area contributed by atoms with E-state index >= 15 is 0 Å². The molecule has 150 valence electrons. The van der Waals surface area contributed by atoms with Gasteiger partial charge < -0.3 is 9.80 Å². The Kier molecular flexibility index (Phi) is 5.71. The maximum absolute atomic E-state index is 12.5. The summed E-state index contributed by atoms with van der Waals surface area (Å²) < 4.78 is 2.00. The number of aromatic nitrogens is 4. The van der Waals surface area contributed by atoms with Gasteiger partial charge in [-0.3, -0.25) is 19.4 Å². The molecule has 1 spiro atoms. The van der Waals surface area contributed by atoms with Crippen LogP contribution in [0.1, 0.15) is 43.5 Å². The van der Waals surface area contributed by atoms with Crippen molar-refractivity contribution >= 4 is 5.91 Å². The fraction of sp³-hybridized carbons (Fsp3) is 0.619. The molecule has 0 aliphatic carbocycles. The third-order valence-electron chi connectivity index (χ3n) is 6.10. The second kappa shape index (κ2) is 8.39. The molecule has 4 rings (SSSR count). The number of hydrogen-bond acceptors (Lipinski definition) is 5. The lowest BCUT2D eigenvalue weighted by atomic mass is 9.73. The van der Waals surface area contributed by atoms with Gasteiger partial charge in [-0.1, -0.05) is 0 Å². The van der Waals surface area contributed by atoms with Gasteiger partial charge >= 0.3 is 0 Å². The second-order valence-corrected chi connectivity index (χ2v) is 8.40.